The Balaban J connectivity index is 1.20. The highest BCUT2D eigenvalue weighted by atomic mass is 19.1. The minimum Gasteiger partial charge on any atom is -0.311 e. The van der Waals surface area contributed by atoms with Crippen molar-refractivity contribution in [2.24, 2.45) is 0 Å². The summed E-state index contributed by atoms with van der Waals surface area (Å²) in [6.07, 6.45) is 9.29. The summed E-state index contributed by atoms with van der Waals surface area (Å²) in [5.74, 6) is -0.720. The highest BCUT2D eigenvalue weighted by Gasteiger charge is 2.27. The topological polar surface area (TPSA) is 74.2 Å². The number of nitrogens with zero attached hydrogens (tertiary/aromatic N) is 3. The zero-order valence-electron chi connectivity index (χ0n) is 24.1. The van der Waals surface area contributed by atoms with Crippen LogP contribution in [0.1, 0.15) is 62.6 Å². The van der Waals surface area contributed by atoms with Crippen LogP contribution in [-0.2, 0) is 24.2 Å². The van der Waals surface area contributed by atoms with Crippen LogP contribution in [0.2, 0.25) is 0 Å². The molecular weight excluding hydrogens is 522 g/mol. The van der Waals surface area contributed by atoms with Crippen molar-refractivity contribution < 1.29 is 13.6 Å². The van der Waals surface area contributed by atoms with Gasteiger partial charge in [-0.3, -0.25) is 9.69 Å². The molecule has 1 unspecified atom stereocenters. The molecule has 1 aliphatic heterocycles. The lowest BCUT2D eigenvalue weighted by Crippen LogP contribution is -2.48. The van der Waals surface area contributed by atoms with Gasteiger partial charge >= 0.3 is 0 Å². The van der Waals surface area contributed by atoms with Crippen LogP contribution in [-0.4, -0.2) is 58.1 Å². The third kappa shape index (κ3) is 7.20. The number of nitrogens with one attached hydrogen (secondary N) is 3. The van der Waals surface area contributed by atoms with E-state index in [4.69, 9.17) is 0 Å². The normalized spacial score (nSPS) is 19.7. The van der Waals surface area contributed by atoms with Crippen molar-refractivity contribution in [3.8, 4) is 5.69 Å². The Hall–Kier alpha value is -3.14. The first-order valence-corrected chi connectivity index (χ1v) is 15.1. The molecule has 41 heavy (non-hydrogen) atoms. The number of halogens is 2. The smallest absolute Gasteiger partial charge is 0.242 e. The Morgan fingerprint density at radius 1 is 1.17 bits per heavy atom. The van der Waals surface area contributed by atoms with Gasteiger partial charge in [0.1, 0.15) is 18.0 Å². The number of likely N-dealkylation sites (tertiary alicyclic amines) is 1. The third-order valence-electron chi connectivity index (χ3n) is 8.50. The number of imidazole rings is 1. The van der Waals surface area contributed by atoms with Crippen LogP contribution in [0, 0.1) is 11.6 Å². The Morgan fingerprint density at radius 3 is 2.85 bits per heavy atom. The van der Waals surface area contributed by atoms with Crippen molar-refractivity contribution in [2.75, 3.05) is 25.0 Å². The van der Waals surface area contributed by atoms with Crippen LogP contribution in [0.4, 0.5) is 14.6 Å². The van der Waals surface area contributed by atoms with E-state index < -0.39 is 17.7 Å². The predicted octanol–water partition coefficient (Wildman–Crippen LogP) is 4.98. The van der Waals surface area contributed by atoms with Crippen LogP contribution in [0.3, 0.4) is 0 Å². The molecule has 5 rings (SSSR count). The molecule has 9 heteroatoms. The quantitative estimate of drug-likeness (QED) is 0.290. The van der Waals surface area contributed by atoms with Crippen molar-refractivity contribution in [2.45, 2.75) is 83.5 Å². The first kappa shape index (κ1) is 29.4. The maximum atomic E-state index is 14.4. The van der Waals surface area contributed by atoms with Crippen LogP contribution in [0.5, 0.6) is 0 Å². The van der Waals surface area contributed by atoms with E-state index in [0.717, 1.165) is 49.8 Å². The predicted molar refractivity (Wildman–Crippen MR) is 158 cm³/mol. The van der Waals surface area contributed by atoms with E-state index in [-0.39, 0.29) is 11.9 Å². The van der Waals surface area contributed by atoms with E-state index in [1.54, 1.807) is 6.33 Å². The van der Waals surface area contributed by atoms with Gasteiger partial charge in [-0.15, -0.1) is 0 Å². The number of aryl methyl sites for hydroxylation is 1. The molecule has 1 aromatic heterocycles. The number of fused-ring (bicyclic) bond motifs is 1. The lowest BCUT2D eigenvalue weighted by Gasteiger charge is -2.29. The Kier molecular flexibility index (Phi) is 9.80. The minimum atomic E-state index is -0.540. The standard InChI is InChI=1S/C32H42F2N6O/c1-3-8-29(37-25-13-12-22-15-24(33)16-28(34)27(22)17-25)32(41)38-31-20-40(21-36-31)30-11-6-5-9-23(30)18-35-19-26-10-7-14-39(26)4-2/h5-6,9,11,15-16,20-21,25-26,29,35,37H,3-4,7-8,10,12-14,17-19H2,1-2H3,(H,38,41)/t25-,26+,29?/m0/s1. The van der Waals surface area contributed by atoms with Gasteiger partial charge in [0.05, 0.1) is 17.9 Å². The summed E-state index contributed by atoms with van der Waals surface area (Å²) in [5, 5.41) is 10.1. The summed E-state index contributed by atoms with van der Waals surface area (Å²) < 4.78 is 30.0. The van der Waals surface area contributed by atoms with Gasteiger partial charge < -0.3 is 20.5 Å². The Bertz CT molecular complexity index is 1330. The fourth-order valence-corrected chi connectivity index (χ4v) is 6.35. The molecule has 2 aliphatic rings. The van der Waals surface area contributed by atoms with Crippen molar-refractivity contribution >= 4 is 11.7 Å². The fourth-order valence-electron chi connectivity index (χ4n) is 6.35. The van der Waals surface area contributed by atoms with E-state index in [1.165, 1.54) is 31.0 Å². The second kappa shape index (κ2) is 13.7. The highest BCUT2D eigenvalue weighted by molar-refractivity contribution is 5.94. The maximum Gasteiger partial charge on any atom is 0.242 e. The highest BCUT2D eigenvalue weighted by Crippen LogP contribution is 2.26. The summed E-state index contributed by atoms with van der Waals surface area (Å²) in [6, 6.07) is 10.7. The average Bonchev–Trinajstić information content (AvgIpc) is 3.63. The third-order valence-corrected chi connectivity index (χ3v) is 8.50. The number of likely N-dealkylation sites (N-methyl/N-ethyl adjacent to an activating group) is 1. The number of carbonyl (C=O) groups is 1. The zero-order chi connectivity index (χ0) is 28.8. The van der Waals surface area contributed by atoms with Gasteiger partial charge in [0, 0.05) is 31.2 Å². The Labute approximate surface area is 241 Å². The molecule has 220 valence electrons. The average molecular weight is 565 g/mol. The molecule has 0 spiro atoms. The van der Waals surface area contributed by atoms with Crippen molar-refractivity contribution in [1.29, 1.82) is 0 Å². The summed E-state index contributed by atoms with van der Waals surface area (Å²) in [4.78, 5) is 20.3. The van der Waals surface area contributed by atoms with Crippen molar-refractivity contribution in [3.63, 3.8) is 0 Å². The van der Waals surface area contributed by atoms with Crippen LogP contribution >= 0.6 is 0 Å². The van der Waals surface area contributed by atoms with Crippen molar-refractivity contribution in [1.82, 2.24) is 25.1 Å². The van der Waals surface area contributed by atoms with Crippen LogP contribution < -0.4 is 16.0 Å². The summed E-state index contributed by atoms with van der Waals surface area (Å²) >= 11 is 0. The van der Waals surface area contributed by atoms with Gasteiger partial charge in [-0.2, -0.15) is 0 Å². The Morgan fingerprint density at radius 2 is 2.02 bits per heavy atom. The number of carbonyl (C=O) groups excluding carboxylic acids is 1. The summed E-state index contributed by atoms with van der Waals surface area (Å²) in [5.41, 5.74) is 3.46. The van der Waals surface area contributed by atoms with Gasteiger partial charge in [-0.05, 0) is 80.4 Å². The lowest BCUT2D eigenvalue weighted by molar-refractivity contribution is -0.118. The number of aromatic nitrogens is 2. The van der Waals surface area contributed by atoms with E-state index >= 15 is 0 Å². The molecule has 7 nitrogen and oxygen atoms in total. The molecule has 1 fully saturated rings. The van der Waals surface area contributed by atoms with E-state index in [0.29, 0.717) is 36.7 Å². The molecule has 1 amide bonds. The lowest BCUT2D eigenvalue weighted by atomic mass is 9.87. The van der Waals surface area contributed by atoms with E-state index in [2.05, 4.69) is 44.9 Å². The molecule has 0 saturated carbocycles. The van der Waals surface area contributed by atoms with Gasteiger partial charge in [0.25, 0.3) is 0 Å². The number of anilines is 1. The number of para-hydroxylation sites is 1. The molecule has 0 radical (unpaired) electrons. The monoisotopic (exact) mass is 564 g/mol. The van der Waals surface area contributed by atoms with E-state index in [9.17, 15) is 13.6 Å². The fraction of sp³-hybridized carbons (Fsp3) is 0.500. The second-order valence-electron chi connectivity index (χ2n) is 11.3. The molecule has 3 atom stereocenters. The minimum absolute atomic E-state index is 0.0599. The van der Waals surface area contributed by atoms with Gasteiger partial charge in [0.15, 0.2) is 5.82 Å². The molecule has 2 aromatic carbocycles. The van der Waals surface area contributed by atoms with Crippen molar-refractivity contribution in [3.05, 3.63) is 77.2 Å². The molecule has 3 N–H and O–H groups in total. The van der Waals surface area contributed by atoms with Gasteiger partial charge in [0.2, 0.25) is 5.91 Å². The van der Waals surface area contributed by atoms with Gasteiger partial charge in [-0.1, -0.05) is 38.5 Å². The molecule has 1 aliphatic carbocycles. The number of amides is 1. The first-order chi connectivity index (χ1) is 19.9. The molecule has 1 saturated heterocycles. The maximum absolute atomic E-state index is 14.4. The van der Waals surface area contributed by atoms with Crippen LogP contribution in [0.25, 0.3) is 5.69 Å². The van der Waals surface area contributed by atoms with Gasteiger partial charge in [-0.25, -0.2) is 13.8 Å². The van der Waals surface area contributed by atoms with E-state index in [1.807, 2.05) is 29.8 Å². The summed E-state index contributed by atoms with van der Waals surface area (Å²) in [6.45, 7) is 8.26. The molecule has 0 bridgehead atoms. The molecule has 3 aromatic rings. The van der Waals surface area contributed by atoms with Crippen LogP contribution in [0.15, 0.2) is 48.9 Å². The number of hydrogen-bond donors (Lipinski definition) is 3. The molecule has 2 heterocycles. The zero-order valence-corrected chi connectivity index (χ0v) is 24.1. The second-order valence-corrected chi connectivity index (χ2v) is 11.3. The number of hydrogen-bond acceptors (Lipinski definition) is 5. The largest absolute Gasteiger partial charge is 0.311 e. The summed E-state index contributed by atoms with van der Waals surface area (Å²) in [7, 11) is 0. The first-order valence-electron chi connectivity index (χ1n) is 15.1. The molecular formula is C32H42F2N6O. The number of rotatable bonds is 12. The number of benzene rings is 2. The SMILES string of the molecule is CCCC(N[C@H]1CCc2cc(F)cc(F)c2C1)C(=O)Nc1cn(-c2ccccc2CNC[C@H]2CCCN2CC)cn1.